The molecule has 1 amide bonds. The molecule has 2 heterocycles. The summed E-state index contributed by atoms with van der Waals surface area (Å²) in [7, 11) is 1.29. The van der Waals surface area contributed by atoms with Gasteiger partial charge in [0, 0.05) is 12.7 Å². The number of carbonyl (C=O) groups excluding carboxylic acids is 3. The van der Waals surface area contributed by atoms with E-state index in [9.17, 15) is 14.4 Å². The summed E-state index contributed by atoms with van der Waals surface area (Å²) in [4.78, 5) is 45.3. The van der Waals surface area contributed by atoms with Crippen molar-refractivity contribution in [2.45, 2.75) is 90.4 Å². The second-order valence-corrected chi connectivity index (χ2v) is 10.5. The first-order valence-corrected chi connectivity index (χ1v) is 12.3. The molecule has 0 N–H and O–H groups in total. The molecule has 34 heavy (non-hydrogen) atoms. The van der Waals surface area contributed by atoms with Crippen LogP contribution in [-0.2, 0) is 14.3 Å². The van der Waals surface area contributed by atoms with Gasteiger partial charge in [-0.1, -0.05) is 19.3 Å². The van der Waals surface area contributed by atoms with Gasteiger partial charge in [0.15, 0.2) is 5.78 Å². The van der Waals surface area contributed by atoms with E-state index < -0.39 is 35.2 Å². The van der Waals surface area contributed by atoms with Gasteiger partial charge in [-0.2, -0.15) is 0 Å². The molecule has 8 heteroatoms. The number of nitrogens with zero attached hydrogens (tertiary/aromatic N) is 2. The number of carbonyl (C=O) groups is 3. The fourth-order valence-corrected chi connectivity index (χ4v) is 5.31. The van der Waals surface area contributed by atoms with Gasteiger partial charge in [-0.3, -0.25) is 14.7 Å². The normalized spacial score (nSPS) is 23.9. The number of ketones is 1. The first-order valence-electron chi connectivity index (χ1n) is 12.3. The summed E-state index contributed by atoms with van der Waals surface area (Å²) in [6.07, 6.45) is 7.83. The number of pyridine rings is 1. The number of aromatic nitrogens is 1. The van der Waals surface area contributed by atoms with E-state index in [1.807, 2.05) is 6.92 Å². The largest absolute Gasteiger partial charge is 0.484 e. The molecule has 1 fully saturated rings. The van der Waals surface area contributed by atoms with E-state index in [-0.39, 0.29) is 24.7 Å². The summed E-state index contributed by atoms with van der Waals surface area (Å²) < 4.78 is 17.2. The number of fused-ring (bicyclic) bond motifs is 1. The second kappa shape index (κ2) is 10.3. The molecule has 3 rings (SSSR count). The van der Waals surface area contributed by atoms with E-state index in [2.05, 4.69) is 4.98 Å². The summed E-state index contributed by atoms with van der Waals surface area (Å²) in [5.74, 6) is -0.673. The van der Waals surface area contributed by atoms with Crippen molar-refractivity contribution in [1.29, 1.82) is 0 Å². The van der Waals surface area contributed by atoms with Crippen LogP contribution in [0.3, 0.4) is 0 Å². The number of likely N-dealkylation sites (N-methyl/N-ethyl adjacent to an activating group) is 1. The van der Waals surface area contributed by atoms with Crippen LogP contribution < -0.4 is 4.74 Å². The zero-order valence-electron chi connectivity index (χ0n) is 21.3. The molecule has 0 bridgehead atoms. The van der Waals surface area contributed by atoms with Crippen molar-refractivity contribution in [3.63, 3.8) is 0 Å². The van der Waals surface area contributed by atoms with Crippen LogP contribution in [0.4, 0.5) is 4.79 Å². The molecular formula is C26H38N2O6. The average Bonchev–Trinajstić information content (AvgIpc) is 2.80. The number of ether oxygens (including phenoxy) is 3. The van der Waals surface area contributed by atoms with Gasteiger partial charge in [-0.05, 0) is 65.9 Å². The van der Waals surface area contributed by atoms with E-state index in [1.54, 1.807) is 46.2 Å². The molecule has 1 aromatic rings. The number of rotatable bonds is 6. The van der Waals surface area contributed by atoms with Crippen molar-refractivity contribution in [2.75, 3.05) is 13.7 Å². The average molecular weight is 475 g/mol. The van der Waals surface area contributed by atoms with E-state index in [0.717, 1.165) is 32.1 Å². The topological polar surface area (TPSA) is 95.0 Å². The van der Waals surface area contributed by atoms with Crippen molar-refractivity contribution < 1.29 is 28.6 Å². The quantitative estimate of drug-likeness (QED) is 0.547. The van der Waals surface area contributed by atoms with E-state index in [1.165, 1.54) is 12.0 Å². The lowest BCUT2D eigenvalue weighted by Gasteiger charge is -2.48. The zero-order chi connectivity index (χ0) is 25.1. The highest BCUT2D eigenvalue weighted by atomic mass is 16.6. The Hall–Kier alpha value is -2.64. The predicted molar refractivity (Wildman–Crippen MR) is 127 cm³/mol. The van der Waals surface area contributed by atoms with Crippen LogP contribution in [0.25, 0.3) is 0 Å². The number of hydrogen-bond donors (Lipinski definition) is 0. The summed E-state index contributed by atoms with van der Waals surface area (Å²) in [6, 6.07) is 0.678. The van der Waals surface area contributed by atoms with Crippen molar-refractivity contribution in [3.8, 4) is 5.75 Å². The Kier molecular flexibility index (Phi) is 7.88. The molecule has 1 aliphatic carbocycles. The van der Waals surface area contributed by atoms with Crippen molar-refractivity contribution in [3.05, 3.63) is 24.0 Å². The first-order chi connectivity index (χ1) is 16.0. The minimum absolute atomic E-state index is 0.0906. The van der Waals surface area contributed by atoms with Crippen LogP contribution in [-0.4, -0.2) is 58.6 Å². The highest BCUT2D eigenvalue weighted by Gasteiger charge is 2.53. The van der Waals surface area contributed by atoms with Gasteiger partial charge in [0.2, 0.25) is 0 Å². The van der Waals surface area contributed by atoms with E-state index in [0.29, 0.717) is 11.3 Å². The lowest BCUT2D eigenvalue weighted by atomic mass is 9.66. The van der Waals surface area contributed by atoms with Crippen LogP contribution in [0.2, 0.25) is 0 Å². The lowest BCUT2D eigenvalue weighted by Crippen LogP contribution is -2.57. The first kappa shape index (κ1) is 26.0. The van der Waals surface area contributed by atoms with Gasteiger partial charge < -0.3 is 14.2 Å². The molecule has 1 aromatic heterocycles. The highest BCUT2D eigenvalue weighted by molar-refractivity contribution is 6.02. The third-order valence-corrected chi connectivity index (χ3v) is 7.08. The molecular weight excluding hydrogens is 436 g/mol. The Balaban J connectivity index is 2.01. The van der Waals surface area contributed by atoms with Crippen molar-refractivity contribution >= 4 is 17.8 Å². The Morgan fingerprint density at radius 1 is 1.26 bits per heavy atom. The number of esters is 1. The smallest absolute Gasteiger partial charge is 0.411 e. The monoisotopic (exact) mass is 474 g/mol. The van der Waals surface area contributed by atoms with Gasteiger partial charge in [0.25, 0.3) is 0 Å². The summed E-state index contributed by atoms with van der Waals surface area (Å²) in [6.45, 7) is 9.30. The Morgan fingerprint density at radius 3 is 2.53 bits per heavy atom. The molecule has 3 unspecified atom stereocenters. The summed E-state index contributed by atoms with van der Waals surface area (Å²) in [5, 5.41) is 0. The van der Waals surface area contributed by atoms with Crippen LogP contribution in [0.15, 0.2) is 18.5 Å². The fraction of sp³-hybridized carbons (Fsp3) is 0.692. The lowest BCUT2D eigenvalue weighted by molar-refractivity contribution is -0.148. The minimum Gasteiger partial charge on any atom is -0.484 e. The zero-order valence-corrected chi connectivity index (χ0v) is 21.3. The number of methoxy groups -OCH3 is 1. The summed E-state index contributed by atoms with van der Waals surface area (Å²) >= 11 is 0. The molecule has 8 nitrogen and oxygen atoms in total. The molecule has 0 saturated heterocycles. The van der Waals surface area contributed by atoms with Crippen LogP contribution >= 0.6 is 0 Å². The molecule has 1 saturated carbocycles. The number of amides is 1. The van der Waals surface area contributed by atoms with Crippen LogP contribution in [0, 0.1) is 11.8 Å². The summed E-state index contributed by atoms with van der Waals surface area (Å²) in [5.41, 5.74) is -1.10. The second-order valence-electron chi connectivity index (χ2n) is 10.5. The predicted octanol–water partition coefficient (Wildman–Crippen LogP) is 4.80. The van der Waals surface area contributed by atoms with Gasteiger partial charge in [0.1, 0.15) is 23.0 Å². The van der Waals surface area contributed by atoms with Gasteiger partial charge in [-0.15, -0.1) is 0 Å². The maximum absolute atomic E-state index is 13.8. The molecule has 0 aromatic carbocycles. The third-order valence-electron chi connectivity index (χ3n) is 7.08. The van der Waals surface area contributed by atoms with Crippen LogP contribution in [0.1, 0.15) is 83.5 Å². The molecule has 1 aliphatic heterocycles. The number of Topliss-reactive ketones (excluding diaryl/α,β-unsaturated/α-hetero) is 1. The Morgan fingerprint density at radius 2 is 1.94 bits per heavy atom. The maximum atomic E-state index is 13.8. The van der Waals surface area contributed by atoms with Crippen LogP contribution in [0.5, 0.6) is 5.75 Å². The standard InChI is InChI=1S/C26H38N2O6/c1-7-28(24(31)34-25(2,3)4)20(23(30)32-6)15-19-22(29)18-13-14-27-16-21(18)33-26(19,5)17-11-9-8-10-12-17/h13-14,16-17,19-20H,7-12,15H2,1-6H3. The maximum Gasteiger partial charge on any atom is 0.411 e. The number of hydrogen-bond acceptors (Lipinski definition) is 7. The Bertz CT molecular complexity index is 905. The molecule has 0 spiro atoms. The fourth-order valence-electron chi connectivity index (χ4n) is 5.31. The highest BCUT2D eigenvalue weighted by Crippen LogP contribution is 2.47. The third kappa shape index (κ3) is 5.36. The molecule has 188 valence electrons. The van der Waals surface area contributed by atoms with Gasteiger partial charge in [0.05, 0.1) is 24.8 Å². The minimum atomic E-state index is -0.978. The van der Waals surface area contributed by atoms with Gasteiger partial charge in [-0.25, -0.2) is 9.59 Å². The molecule has 2 aliphatic rings. The van der Waals surface area contributed by atoms with Crippen molar-refractivity contribution in [2.24, 2.45) is 11.8 Å². The van der Waals surface area contributed by atoms with E-state index >= 15 is 0 Å². The van der Waals surface area contributed by atoms with E-state index in [4.69, 9.17) is 14.2 Å². The SMILES string of the molecule is CCN(C(=O)OC(C)(C)C)C(CC1C(=O)c2ccncc2OC1(C)C1CCCCC1)C(=O)OC. The molecule has 0 radical (unpaired) electrons. The van der Waals surface area contributed by atoms with Gasteiger partial charge >= 0.3 is 12.1 Å². The van der Waals surface area contributed by atoms with Crippen molar-refractivity contribution in [1.82, 2.24) is 9.88 Å². The Labute approximate surface area is 202 Å². The molecule has 3 atom stereocenters.